The molecule has 3 heteroatoms. The van der Waals surface area contributed by atoms with Crippen LogP contribution in [-0.2, 0) is 4.79 Å². The number of carbonyl (C=O) groups is 1. The van der Waals surface area contributed by atoms with E-state index < -0.39 is 0 Å². The number of fused-ring (bicyclic) bond motifs is 1. The summed E-state index contributed by atoms with van der Waals surface area (Å²) in [7, 11) is 0. The van der Waals surface area contributed by atoms with Crippen LogP contribution in [0.1, 0.15) is 58.3 Å². The van der Waals surface area contributed by atoms with Gasteiger partial charge in [0.05, 0.1) is 0 Å². The fraction of sp³-hybridized carbons (Fsp3) is 0.842. The number of hydrogen-bond acceptors (Lipinski definition) is 1. The van der Waals surface area contributed by atoms with Crippen molar-refractivity contribution in [1.29, 1.82) is 0 Å². The summed E-state index contributed by atoms with van der Waals surface area (Å²) in [6.45, 7) is 7.60. The standard InChI is InChI=1S/C19H30ClNO/c1-13-7-8-19-10-14(2)15(11-19)5-6-17(19)16(13)4-3-9-21-18(22)12-20/h13,15-17H,2-12H2,1H3,(H,21,22)/t13?,15-,16?,17?,19-/m1/s1. The molecule has 0 radical (unpaired) electrons. The summed E-state index contributed by atoms with van der Waals surface area (Å²) in [5, 5.41) is 2.91. The van der Waals surface area contributed by atoms with Crippen LogP contribution < -0.4 is 5.32 Å². The van der Waals surface area contributed by atoms with Gasteiger partial charge in [-0.2, -0.15) is 0 Å². The van der Waals surface area contributed by atoms with Crippen molar-refractivity contribution >= 4 is 17.5 Å². The normalized spacial score (nSPS) is 40.4. The maximum atomic E-state index is 11.2. The van der Waals surface area contributed by atoms with Crippen LogP contribution in [0.15, 0.2) is 12.2 Å². The topological polar surface area (TPSA) is 29.1 Å². The van der Waals surface area contributed by atoms with Crippen LogP contribution in [0.25, 0.3) is 0 Å². The largest absolute Gasteiger partial charge is 0.355 e. The van der Waals surface area contributed by atoms with Gasteiger partial charge in [0.15, 0.2) is 0 Å². The second kappa shape index (κ2) is 6.55. The maximum absolute atomic E-state index is 11.2. The first-order valence-electron chi connectivity index (χ1n) is 9.06. The number of amides is 1. The minimum atomic E-state index is -0.0394. The summed E-state index contributed by atoms with van der Waals surface area (Å²) < 4.78 is 0. The van der Waals surface area contributed by atoms with Gasteiger partial charge in [0.25, 0.3) is 0 Å². The van der Waals surface area contributed by atoms with E-state index >= 15 is 0 Å². The number of carbonyl (C=O) groups excluding carboxylic acids is 1. The van der Waals surface area contributed by atoms with Crippen molar-refractivity contribution in [3.05, 3.63) is 12.2 Å². The summed E-state index contributed by atoms with van der Waals surface area (Å²) in [5.74, 6) is 3.44. The van der Waals surface area contributed by atoms with Gasteiger partial charge in [-0.1, -0.05) is 19.1 Å². The number of alkyl halides is 1. The van der Waals surface area contributed by atoms with Crippen LogP contribution in [-0.4, -0.2) is 18.3 Å². The molecule has 3 unspecified atom stereocenters. The molecule has 1 N–H and O–H groups in total. The van der Waals surface area contributed by atoms with Crippen molar-refractivity contribution in [1.82, 2.24) is 5.32 Å². The Bertz CT molecular complexity index is 449. The Morgan fingerprint density at radius 2 is 2.23 bits per heavy atom. The third kappa shape index (κ3) is 2.96. The van der Waals surface area contributed by atoms with Crippen molar-refractivity contribution in [2.24, 2.45) is 29.1 Å². The van der Waals surface area contributed by atoms with E-state index in [1.807, 2.05) is 0 Å². The molecule has 3 aliphatic rings. The molecule has 5 atom stereocenters. The Balaban J connectivity index is 1.60. The zero-order chi connectivity index (χ0) is 15.7. The molecule has 1 spiro atoms. The zero-order valence-corrected chi connectivity index (χ0v) is 14.6. The second-order valence-electron chi connectivity index (χ2n) is 8.09. The Labute approximate surface area is 140 Å². The molecule has 0 heterocycles. The molecule has 0 aliphatic heterocycles. The summed E-state index contributed by atoms with van der Waals surface area (Å²) in [4.78, 5) is 11.2. The highest BCUT2D eigenvalue weighted by molar-refractivity contribution is 6.27. The summed E-state index contributed by atoms with van der Waals surface area (Å²) >= 11 is 5.53. The van der Waals surface area contributed by atoms with Gasteiger partial charge in [0.2, 0.25) is 5.91 Å². The Morgan fingerprint density at radius 3 is 3.00 bits per heavy atom. The van der Waals surface area contributed by atoms with Crippen molar-refractivity contribution < 1.29 is 4.79 Å². The van der Waals surface area contributed by atoms with Gasteiger partial charge in [-0.15, -0.1) is 11.6 Å². The Morgan fingerprint density at radius 1 is 1.41 bits per heavy atom. The van der Waals surface area contributed by atoms with Crippen molar-refractivity contribution in [3.63, 3.8) is 0 Å². The molecule has 3 rings (SSSR count). The number of halogens is 1. The quantitative estimate of drug-likeness (QED) is 0.449. The SMILES string of the molecule is C=C1C[C@@]23CCC(C)C(CCCNC(=O)CCl)C2CC[C@@H]1C3. The van der Waals surface area contributed by atoms with E-state index in [4.69, 9.17) is 11.6 Å². The van der Waals surface area contributed by atoms with E-state index in [0.717, 1.165) is 36.6 Å². The smallest absolute Gasteiger partial charge is 0.234 e. The first-order chi connectivity index (χ1) is 10.6. The molecule has 0 aromatic carbocycles. The summed E-state index contributed by atoms with van der Waals surface area (Å²) in [5.41, 5.74) is 2.14. The van der Waals surface area contributed by atoms with E-state index in [-0.39, 0.29) is 11.8 Å². The van der Waals surface area contributed by atoms with Crippen LogP contribution in [0.2, 0.25) is 0 Å². The molecule has 2 nitrogen and oxygen atoms in total. The molecule has 22 heavy (non-hydrogen) atoms. The molecule has 0 aromatic rings. The third-order valence-corrected chi connectivity index (χ3v) is 7.17. The monoisotopic (exact) mass is 323 g/mol. The molecule has 1 amide bonds. The van der Waals surface area contributed by atoms with Crippen molar-refractivity contribution in [3.8, 4) is 0 Å². The number of allylic oxidation sites excluding steroid dienone is 1. The highest BCUT2D eigenvalue weighted by Crippen LogP contribution is 2.64. The van der Waals surface area contributed by atoms with Gasteiger partial charge < -0.3 is 5.32 Å². The molecule has 0 saturated heterocycles. The lowest BCUT2D eigenvalue weighted by atomic mass is 9.53. The lowest BCUT2D eigenvalue weighted by Gasteiger charge is -2.51. The van der Waals surface area contributed by atoms with Gasteiger partial charge in [-0.25, -0.2) is 0 Å². The van der Waals surface area contributed by atoms with Gasteiger partial charge >= 0.3 is 0 Å². The fourth-order valence-corrected chi connectivity index (χ4v) is 5.94. The average molecular weight is 324 g/mol. The molecule has 3 saturated carbocycles. The fourth-order valence-electron chi connectivity index (χ4n) is 5.85. The Kier molecular flexibility index (Phi) is 4.87. The van der Waals surface area contributed by atoms with Gasteiger partial charge in [0.1, 0.15) is 5.88 Å². The van der Waals surface area contributed by atoms with Crippen LogP contribution in [0, 0.1) is 29.1 Å². The molecule has 3 aliphatic carbocycles. The first kappa shape index (κ1) is 16.4. The molecule has 0 aromatic heterocycles. The number of rotatable bonds is 5. The van der Waals surface area contributed by atoms with Crippen LogP contribution >= 0.6 is 11.6 Å². The van der Waals surface area contributed by atoms with E-state index in [0.29, 0.717) is 5.41 Å². The minimum absolute atomic E-state index is 0.0394. The van der Waals surface area contributed by atoms with E-state index in [1.165, 1.54) is 44.9 Å². The van der Waals surface area contributed by atoms with E-state index in [9.17, 15) is 4.79 Å². The number of hydrogen-bond donors (Lipinski definition) is 1. The predicted octanol–water partition coefficient (Wildman–Crippen LogP) is 4.53. The van der Waals surface area contributed by atoms with Gasteiger partial charge in [-0.05, 0) is 80.5 Å². The second-order valence-corrected chi connectivity index (χ2v) is 8.36. The summed E-state index contributed by atoms with van der Waals surface area (Å²) in [6, 6.07) is 0. The zero-order valence-electron chi connectivity index (χ0n) is 13.9. The van der Waals surface area contributed by atoms with Crippen LogP contribution in [0.5, 0.6) is 0 Å². The lowest BCUT2D eigenvalue weighted by Crippen LogP contribution is -2.43. The van der Waals surface area contributed by atoms with Crippen LogP contribution in [0.4, 0.5) is 0 Å². The molecule has 3 fully saturated rings. The molecule has 124 valence electrons. The average Bonchev–Trinajstić information content (AvgIpc) is 2.76. The van der Waals surface area contributed by atoms with E-state index in [2.05, 4.69) is 18.8 Å². The van der Waals surface area contributed by atoms with Crippen LogP contribution in [0.3, 0.4) is 0 Å². The number of nitrogens with one attached hydrogen (secondary N) is 1. The van der Waals surface area contributed by atoms with E-state index in [1.54, 1.807) is 5.57 Å². The van der Waals surface area contributed by atoms with Crippen molar-refractivity contribution in [2.75, 3.05) is 12.4 Å². The molecular formula is C19H30ClNO. The maximum Gasteiger partial charge on any atom is 0.234 e. The highest BCUT2D eigenvalue weighted by Gasteiger charge is 2.54. The van der Waals surface area contributed by atoms with Gasteiger partial charge in [-0.3, -0.25) is 4.79 Å². The third-order valence-electron chi connectivity index (χ3n) is 6.93. The Hall–Kier alpha value is -0.500. The summed E-state index contributed by atoms with van der Waals surface area (Å²) in [6.07, 6.45) is 10.7. The predicted molar refractivity (Wildman–Crippen MR) is 91.9 cm³/mol. The first-order valence-corrected chi connectivity index (χ1v) is 9.59. The highest BCUT2D eigenvalue weighted by atomic mass is 35.5. The molecule has 2 bridgehead atoms. The van der Waals surface area contributed by atoms with Crippen molar-refractivity contribution in [2.45, 2.75) is 58.3 Å². The lowest BCUT2D eigenvalue weighted by molar-refractivity contribution is -0.118. The molecular weight excluding hydrogens is 294 g/mol. The minimum Gasteiger partial charge on any atom is -0.355 e. The van der Waals surface area contributed by atoms with Gasteiger partial charge in [0, 0.05) is 6.54 Å².